The highest BCUT2D eigenvalue weighted by Gasteiger charge is 1.85. The van der Waals surface area contributed by atoms with Gasteiger partial charge in [0.2, 0.25) is 0 Å². The number of hydrogen-bond acceptors (Lipinski definition) is 4. The summed E-state index contributed by atoms with van der Waals surface area (Å²) in [5, 5.41) is 19.5. The first-order valence-electron chi connectivity index (χ1n) is 1.43. The molecule has 0 bridgehead atoms. The van der Waals surface area contributed by atoms with Gasteiger partial charge in [0.15, 0.2) is 0 Å². The van der Waals surface area contributed by atoms with Crippen LogP contribution in [0.3, 0.4) is 0 Å². The Morgan fingerprint density at radius 3 is 1.86 bits per heavy atom. The molecule has 0 unspecified atom stereocenters. The zero-order chi connectivity index (χ0) is 5.54. The lowest BCUT2D eigenvalue weighted by molar-refractivity contribution is 1.57. The summed E-state index contributed by atoms with van der Waals surface area (Å²) in [6, 6.07) is 0. The average molecular weight is 128 g/mol. The molecule has 5 heteroatoms. The third kappa shape index (κ3) is 5.74. The van der Waals surface area contributed by atoms with Crippen molar-refractivity contribution >= 4 is 29.1 Å². The summed E-state index contributed by atoms with van der Waals surface area (Å²) in [6.07, 6.45) is 0. The van der Waals surface area contributed by atoms with E-state index in [9.17, 15) is 0 Å². The number of hydrogen-bond donors (Lipinski definition) is 0. The minimum Gasteiger partial charge on any atom is -0.186 e. The lowest BCUT2D eigenvalue weighted by atomic mass is 10.7. The van der Waals surface area contributed by atoms with Gasteiger partial charge in [-0.2, -0.15) is 10.5 Å². The van der Waals surface area contributed by atoms with E-state index < -0.39 is 0 Å². The Morgan fingerprint density at radius 1 is 1.14 bits per heavy atom. The summed E-state index contributed by atoms with van der Waals surface area (Å²) in [7, 11) is 0. The highest BCUT2D eigenvalue weighted by atomic mass is 32.2. The molecule has 0 N–H and O–H groups in total. The second-order valence-electron chi connectivity index (χ2n) is 0.589. The van der Waals surface area contributed by atoms with Gasteiger partial charge in [0, 0.05) is 0 Å². The molecule has 0 saturated carbocycles. The van der Waals surface area contributed by atoms with E-state index in [-0.39, 0.29) is 0 Å². The van der Waals surface area contributed by atoms with Crippen LogP contribution in [0.25, 0.3) is 0 Å². The SMILES string of the molecule is N#CSBSC#N. The molecule has 0 fully saturated rings. The summed E-state index contributed by atoms with van der Waals surface area (Å²) in [5.74, 6) is 0.549. The molecule has 0 aliphatic rings. The Balaban J connectivity index is 2.77. The van der Waals surface area contributed by atoms with Crippen LogP contribution in [0.5, 0.6) is 0 Å². The summed E-state index contributed by atoms with van der Waals surface area (Å²) >= 11 is 2.16. The standard InChI is InChI=1S/C2HBN2S2/c4-1-6-3-7-2-5/h3H. The first-order valence-corrected chi connectivity index (χ1v) is 3.40. The van der Waals surface area contributed by atoms with E-state index in [0.717, 1.165) is 23.2 Å². The van der Waals surface area contributed by atoms with E-state index in [4.69, 9.17) is 10.5 Å². The van der Waals surface area contributed by atoms with E-state index in [1.807, 2.05) is 10.8 Å². The summed E-state index contributed by atoms with van der Waals surface area (Å²) in [5.41, 5.74) is 0. The Morgan fingerprint density at radius 2 is 1.57 bits per heavy atom. The van der Waals surface area contributed by atoms with Crippen molar-refractivity contribution in [2.24, 2.45) is 0 Å². The van der Waals surface area contributed by atoms with Gasteiger partial charge in [-0.05, 0) is 0 Å². The van der Waals surface area contributed by atoms with Crippen LogP contribution in [0.1, 0.15) is 0 Å². The maximum absolute atomic E-state index is 7.88. The fourth-order valence-electron chi connectivity index (χ4n) is 0.0822. The Labute approximate surface area is 50.9 Å². The fraction of sp³-hybridized carbons (Fsp3) is 0. The number of nitriles is 2. The van der Waals surface area contributed by atoms with Gasteiger partial charge in [-0.3, -0.25) is 0 Å². The smallest absolute Gasteiger partial charge is 0.186 e. The Kier molecular flexibility index (Phi) is 5.54. The minimum atomic E-state index is 0.549. The van der Waals surface area contributed by atoms with Gasteiger partial charge in [0.1, 0.15) is 10.8 Å². The van der Waals surface area contributed by atoms with E-state index in [2.05, 4.69) is 0 Å². The second-order valence-corrected chi connectivity index (χ2v) is 2.47. The molecule has 0 saturated heterocycles. The Bertz CT molecular complexity index is 97.8. The van der Waals surface area contributed by atoms with Crippen LogP contribution >= 0.6 is 23.2 Å². The number of rotatable bonds is 2. The molecule has 2 nitrogen and oxygen atoms in total. The highest BCUT2D eigenvalue weighted by Crippen LogP contribution is 2.02. The lowest BCUT2D eigenvalue weighted by Gasteiger charge is -1.71. The highest BCUT2D eigenvalue weighted by molar-refractivity contribution is 8.53. The maximum atomic E-state index is 7.88. The van der Waals surface area contributed by atoms with Crippen LogP contribution in [-0.2, 0) is 0 Å². The van der Waals surface area contributed by atoms with Crippen molar-refractivity contribution in [3.05, 3.63) is 0 Å². The van der Waals surface area contributed by atoms with Gasteiger partial charge in [-0.25, -0.2) is 0 Å². The van der Waals surface area contributed by atoms with Gasteiger partial charge in [-0.1, -0.05) is 23.2 Å². The van der Waals surface area contributed by atoms with Crippen LogP contribution in [0.2, 0.25) is 0 Å². The molecule has 0 aliphatic heterocycles. The zero-order valence-electron chi connectivity index (χ0n) is 3.42. The van der Waals surface area contributed by atoms with Gasteiger partial charge in [0.25, 0.3) is 5.84 Å². The predicted molar refractivity (Wildman–Crippen MR) is 33.6 cm³/mol. The number of thiocyanates is 2. The summed E-state index contributed by atoms with van der Waals surface area (Å²) in [4.78, 5) is 0. The topological polar surface area (TPSA) is 47.6 Å². The van der Waals surface area contributed by atoms with E-state index in [0.29, 0.717) is 5.84 Å². The Hall–Kier alpha value is -0.255. The molecule has 0 amide bonds. The third-order valence-corrected chi connectivity index (χ3v) is 1.45. The third-order valence-electron chi connectivity index (χ3n) is 0.247. The van der Waals surface area contributed by atoms with Gasteiger partial charge in [-0.15, -0.1) is 0 Å². The van der Waals surface area contributed by atoms with Crippen LogP contribution in [0.4, 0.5) is 0 Å². The second kappa shape index (κ2) is 5.74. The molecule has 0 aromatic carbocycles. The maximum Gasteiger partial charge on any atom is 0.295 e. The van der Waals surface area contributed by atoms with Crippen LogP contribution in [-0.4, -0.2) is 5.84 Å². The van der Waals surface area contributed by atoms with Gasteiger partial charge in [0.05, 0.1) is 0 Å². The molecule has 0 heterocycles. The first-order chi connectivity index (χ1) is 3.41. The summed E-state index contributed by atoms with van der Waals surface area (Å²) in [6.45, 7) is 0. The van der Waals surface area contributed by atoms with Gasteiger partial charge >= 0.3 is 0 Å². The minimum absolute atomic E-state index is 0.549. The molecule has 0 aromatic heterocycles. The molecule has 0 radical (unpaired) electrons. The molecular formula is C2HBN2S2. The molecule has 0 spiro atoms. The van der Waals surface area contributed by atoms with E-state index in [1.165, 1.54) is 0 Å². The fourth-order valence-corrected chi connectivity index (χ4v) is 0.740. The zero-order valence-corrected chi connectivity index (χ0v) is 5.05. The predicted octanol–water partition coefficient (Wildman–Crippen LogP) is 0.681. The van der Waals surface area contributed by atoms with E-state index >= 15 is 0 Å². The molecule has 0 rings (SSSR count). The molecule has 0 aliphatic carbocycles. The molecule has 0 atom stereocenters. The van der Waals surface area contributed by atoms with E-state index in [1.54, 1.807) is 0 Å². The van der Waals surface area contributed by atoms with Crippen molar-refractivity contribution < 1.29 is 0 Å². The van der Waals surface area contributed by atoms with Crippen molar-refractivity contribution in [3.8, 4) is 10.8 Å². The molecular weight excluding hydrogens is 127 g/mol. The van der Waals surface area contributed by atoms with Crippen molar-refractivity contribution in [3.63, 3.8) is 0 Å². The van der Waals surface area contributed by atoms with Crippen molar-refractivity contribution in [1.29, 1.82) is 10.5 Å². The average Bonchev–Trinajstić information content (AvgIpc) is 1.69. The lowest BCUT2D eigenvalue weighted by Crippen LogP contribution is -1.64. The molecule has 0 aromatic rings. The van der Waals surface area contributed by atoms with Crippen molar-refractivity contribution in [2.45, 2.75) is 0 Å². The molecule has 7 heavy (non-hydrogen) atoms. The van der Waals surface area contributed by atoms with Crippen molar-refractivity contribution in [1.82, 2.24) is 0 Å². The monoisotopic (exact) mass is 128 g/mol. The van der Waals surface area contributed by atoms with Crippen molar-refractivity contribution in [2.75, 3.05) is 0 Å². The van der Waals surface area contributed by atoms with Crippen LogP contribution in [0.15, 0.2) is 0 Å². The quantitative estimate of drug-likeness (QED) is 0.311. The molecule has 34 valence electrons. The normalized spacial score (nSPS) is 6.00. The van der Waals surface area contributed by atoms with Crippen LogP contribution < -0.4 is 0 Å². The largest absolute Gasteiger partial charge is 0.295 e. The van der Waals surface area contributed by atoms with Gasteiger partial charge < -0.3 is 0 Å². The van der Waals surface area contributed by atoms with Crippen LogP contribution in [0, 0.1) is 21.3 Å². The number of nitrogens with zero attached hydrogens (tertiary/aromatic N) is 2. The first kappa shape index (κ1) is 6.74. The summed E-state index contributed by atoms with van der Waals surface area (Å²) < 4.78 is 0.